The standard InChI is InChI=1S/C8H11NO4/c1-5-3-8(11-2)6(12-4-5)13-7(10)9-8/h3,6H,4H2,1-2H3,(H,9,10). The second-order valence-corrected chi connectivity index (χ2v) is 3.16. The van der Waals surface area contributed by atoms with Gasteiger partial charge in [0, 0.05) is 7.11 Å². The number of fused-ring (bicyclic) bond motifs is 1. The quantitative estimate of drug-likeness (QED) is 0.600. The zero-order valence-electron chi connectivity index (χ0n) is 7.49. The Hall–Kier alpha value is -1.07. The van der Waals surface area contributed by atoms with Crippen LogP contribution in [0.2, 0.25) is 0 Å². The molecule has 0 radical (unpaired) electrons. The van der Waals surface area contributed by atoms with Crippen molar-refractivity contribution in [3.63, 3.8) is 0 Å². The Morgan fingerprint density at radius 3 is 3.23 bits per heavy atom. The summed E-state index contributed by atoms with van der Waals surface area (Å²) in [5.41, 5.74) is 0.0725. The fourth-order valence-electron chi connectivity index (χ4n) is 1.52. The highest BCUT2D eigenvalue weighted by molar-refractivity contribution is 5.71. The van der Waals surface area contributed by atoms with Crippen molar-refractivity contribution in [1.82, 2.24) is 5.32 Å². The van der Waals surface area contributed by atoms with E-state index in [4.69, 9.17) is 14.2 Å². The first-order chi connectivity index (χ1) is 6.16. The van der Waals surface area contributed by atoms with Gasteiger partial charge in [-0.15, -0.1) is 0 Å². The summed E-state index contributed by atoms with van der Waals surface area (Å²) in [6, 6.07) is 0. The maximum absolute atomic E-state index is 11.0. The molecule has 2 atom stereocenters. The van der Waals surface area contributed by atoms with Crippen molar-refractivity contribution in [2.45, 2.75) is 18.9 Å². The summed E-state index contributed by atoms with van der Waals surface area (Å²) in [7, 11) is 1.50. The first-order valence-electron chi connectivity index (χ1n) is 4.00. The van der Waals surface area contributed by atoms with Crippen LogP contribution in [0.15, 0.2) is 11.6 Å². The van der Waals surface area contributed by atoms with Crippen molar-refractivity contribution >= 4 is 6.09 Å². The molecule has 1 N–H and O–H groups in total. The summed E-state index contributed by atoms with van der Waals surface area (Å²) in [4.78, 5) is 11.0. The molecular weight excluding hydrogens is 174 g/mol. The fraction of sp³-hybridized carbons (Fsp3) is 0.625. The van der Waals surface area contributed by atoms with Gasteiger partial charge in [-0.3, -0.25) is 5.32 Å². The Labute approximate surface area is 75.6 Å². The van der Waals surface area contributed by atoms with Gasteiger partial charge in [-0.05, 0) is 18.6 Å². The summed E-state index contributed by atoms with van der Waals surface area (Å²) >= 11 is 0. The number of alkyl carbamates (subject to hydrolysis) is 1. The van der Waals surface area contributed by atoms with Crippen LogP contribution >= 0.6 is 0 Å². The molecule has 0 aromatic rings. The Kier molecular flexibility index (Phi) is 1.78. The molecule has 0 aromatic carbocycles. The lowest BCUT2D eigenvalue weighted by Crippen LogP contribution is -2.51. The van der Waals surface area contributed by atoms with E-state index in [9.17, 15) is 4.79 Å². The van der Waals surface area contributed by atoms with Crippen LogP contribution in [0.3, 0.4) is 0 Å². The number of nitrogens with one attached hydrogen (secondary N) is 1. The predicted octanol–water partition coefficient (Wildman–Crippen LogP) is 0.371. The molecule has 0 bridgehead atoms. The van der Waals surface area contributed by atoms with Gasteiger partial charge in [0.1, 0.15) is 0 Å². The van der Waals surface area contributed by atoms with E-state index in [2.05, 4.69) is 5.32 Å². The molecule has 1 fully saturated rings. The minimum absolute atomic E-state index is 0.463. The second-order valence-electron chi connectivity index (χ2n) is 3.16. The van der Waals surface area contributed by atoms with E-state index in [1.807, 2.05) is 13.0 Å². The van der Waals surface area contributed by atoms with Gasteiger partial charge in [-0.1, -0.05) is 0 Å². The highest BCUT2D eigenvalue weighted by Crippen LogP contribution is 2.29. The molecule has 2 unspecified atom stereocenters. The molecule has 2 aliphatic rings. The molecule has 2 rings (SSSR count). The fourth-order valence-corrected chi connectivity index (χ4v) is 1.52. The zero-order chi connectivity index (χ0) is 9.47. The van der Waals surface area contributed by atoms with Gasteiger partial charge >= 0.3 is 6.09 Å². The molecule has 0 spiro atoms. The zero-order valence-corrected chi connectivity index (χ0v) is 7.49. The number of hydrogen-bond acceptors (Lipinski definition) is 4. The number of methoxy groups -OCH3 is 1. The molecule has 2 heterocycles. The molecule has 1 saturated heterocycles. The van der Waals surface area contributed by atoms with Crippen molar-refractivity contribution in [1.29, 1.82) is 0 Å². The molecule has 1 amide bonds. The lowest BCUT2D eigenvalue weighted by molar-refractivity contribution is -0.180. The normalized spacial score (nSPS) is 37.5. The third-order valence-electron chi connectivity index (χ3n) is 2.12. The minimum Gasteiger partial charge on any atom is -0.414 e. The average Bonchev–Trinajstić information content (AvgIpc) is 2.41. The topological polar surface area (TPSA) is 56.8 Å². The second kappa shape index (κ2) is 2.71. The van der Waals surface area contributed by atoms with Crippen LogP contribution in [-0.4, -0.2) is 31.8 Å². The molecule has 5 nitrogen and oxygen atoms in total. The van der Waals surface area contributed by atoms with Crippen LogP contribution in [0, 0.1) is 0 Å². The summed E-state index contributed by atoms with van der Waals surface area (Å²) < 4.78 is 15.3. The maximum Gasteiger partial charge on any atom is 0.412 e. The van der Waals surface area contributed by atoms with Crippen molar-refractivity contribution < 1.29 is 19.0 Å². The smallest absolute Gasteiger partial charge is 0.412 e. The largest absolute Gasteiger partial charge is 0.414 e. The first kappa shape index (κ1) is 8.52. The maximum atomic E-state index is 11.0. The van der Waals surface area contributed by atoms with Gasteiger partial charge in [-0.2, -0.15) is 0 Å². The molecule has 0 saturated carbocycles. The monoisotopic (exact) mass is 185 g/mol. The number of amides is 1. The van der Waals surface area contributed by atoms with Crippen molar-refractivity contribution in [3.8, 4) is 0 Å². The van der Waals surface area contributed by atoms with E-state index in [-0.39, 0.29) is 0 Å². The van der Waals surface area contributed by atoms with Gasteiger partial charge in [0.05, 0.1) is 6.61 Å². The minimum atomic E-state index is -0.931. The van der Waals surface area contributed by atoms with Crippen LogP contribution in [0.5, 0.6) is 0 Å². The third-order valence-corrected chi connectivity index (χ3v) is 2.12. The number of hydrogen-bond donors (Lipinski definition) is 1. The van der Waals surface area contributed by atoms with Crippen LogP contribution in [0.25, 0.3) is 0 Å². The highest BCUT2D eigenvalue weighted by atomic mass is 16.7. The Bertz CT molecular complexity index is 275. The van der Waals surface area contributed by atoms with Gasteiger partial charge in [0.2, 0.25) is 5.72 Å². The molecule has 13 heavy (non-hydrogen) atoms. The first-order valence-corrected chi connectivity index (χ1v) is 4.00. The van der Waals surface area contributed by atoms with E-state index in [0.717, 1.165) is 5.57 Å². The molecule has 0 aromatic heterocycles. The summed E-state index contributed by atoms with van der Waals surface area (Å²) in [5.74, 6) is 0. The lowest BCUT2D eigenvalue weighted by Gasteiger charge is -2.31. The van der Waals surface area contributed by atoms with Crippen molar-refractivity contribution in [2.24, 2.45) is 0 Å². The van der Waals surface area contributed by atoms with Crippen LogP contribution in [0.4, 0.5) is 4.79 Å². The number of rotatable bonds is 1. The number of carbonyl (C=O) groups is 1. The predicted molar refractivity (Wildman–Crippen MR) is 42.9 cm³/mol. The van der Waals surface area contributed by atoms with E-state index >= 15 is 0 Å². The van der Waals surface area contributed by atoms with E-state index in [0.29, 0.717) is 6.61 Å². The summed E-state index contributed by atoms with van der Waals surface area (Å²) in [6.45, 7) is 2.37. The SMILES string of the molecule is COC12C=C(C)COC1OC(=O)N2. The molecule has 2 aliphatic heterocycles. The van der Waals surface area contributed by atoms with Crippen LogP contribution < -0.4 is 5.32 Å². The van der Waals surface area contributed by atoms with Gasteiger partial charge < -0.3 is 14.2 Å². The Morgan fingerprint density at radius 2 is 2.54 bits per heavy atom. The van der Waals surface area contributed by atoms with E-state index < -0.39 is 18.1 Å². The van der Waals surface area contributed by atoms with E-state index in [1.165, 1.54) is 7.11 Å². The molecule has 0 aliphatic carbocycles. The summed E-state index contributed by atoms with van der Waals surface area (Å²) in [5, 5.41) is 2.56. The number of ether oxygens (including phenoxy) is 3. The van der Waals surface area contributed by atoms with Gasteiger partial charge in [-0.25, -0.2) is 4.79 Å². The Morgan fingerprint density at radius 1 is 1.77 bits per heavy atom. The summed E-state index contributed by atoms with van der Waals surface area (Å²) in [6.07, 6.45) is 0.623. The molecule has 5 heteroatoms. The average molecular weight is 185 g/mol. The third kappa shape index (κ3) is 1.20. The van der Waals surface area contributed by atoms with Crippen molar-refractivity contribution in [2.75, 3.05) is 13.7 Å². The van der Waals surface area contributed by atoms with Gasteiger partial charge in [0.15, 0.2) is 0 Å². The molecule has 72 valence electrons. The highest BCUT2D eigenvalue weighted by Gasteiger charge is 2.50. The number of carbonyl (C=O) groups excluding carboxylic acids is 1. The van der Waals surface area contributed by atoms with Crippen LogP contribution in [0.1, 0.15) is 6.92 Å². The van der Waals surface area contributed by atoms with Crippen LogP contribution in [-0.2, 0) is 14.2 Å². The van der Waals surface area contributed by atoms with Crippen molar-refractivity contribution in [3.05, 3.63) is 11.6 Å². The van der Waals surface area contributed by atoms with E-state index in [1.54, 1.807) is 0 Å². The Balaban J connectivity index is 2.33. The van der Waals surface area contributed by atoms with Gasteiger partial charge in [0.25, 0.3) is 6.29 Å². The lowest BCUT2D eigenvalue weighted by atomic mass is 10.1. The molecular formula is C8H11NO4.